The number of benzene rings is 2. The second kappa shape index (κ2) is 10.3. The maximum absolute atomic E-state index is 5.50. The molecule has 0 aliphatic carbocycles. The largest absolute Gasteiger partial charge is 0.496 e. The van der Waals surface area contributed by atoms with Crippen LogP contribution in [0.3, 0.4) is 0 Å². The Kier molecular flexibility index (Phi) is 7.79. The SMILES string of the molecule is CCNC(=NCc1ccc(C)cc1)NCc1c(OC)cc(OC)cc1OC. The van der Waals surface area contributed by atoms with E-state index in [0.29, 0.717) is 30.3 Å². The predicted octanol–water partition coefficient (Wildman–Crippen LogP) is 3.28. The Balaban J connectivity index is 2.15. The minimum absolute atomic E-state index is 0.510. The van der Waals surface area contributed by atoms with Gasteiger partial charge in [-0.25, -0.2) is 4.99 Å². The summed E-state index contributed by atoms with van der Waals surface area (Å²) in [5.41, 5.74) is 3.31. The molecule has 2 aromatic carbocycles. The topological polar surface area (TPSA) is 64.1 Å². The molecule has 0 spiro atoms. The van der Waals surface area contributed by atoms with Crippen LogP contribution in [-0.4, -0.2) is 33.8 Å². The van der Waals surface area contributed by atoms with Gasteiger partial charge in [-0.3, -0.25) is 0 Å². The molecule has 0 fully saturated rings. The molecule has 2 rings (SSSR count). The molecule has 0 saturated carbocycles. The molecule has 6 nitrogen and oxygen atoms in total. The minimum atomic E-state index is 0.510. The van der Waals surface area contributed by atoms with E-state index in [1.807, 2.05) is 19.1 Å². The summed E-state index contributed by atoms with van der Waals surface area (Å²) in [7, 11) is 4.88. The maximum atomic E-state index is 5.50. The van der Waals surface area contributed by atoms with E-state index in [1.165, 1.54) is 5.56 Å². The van der Waals surface area contributed by atoms with Gasteiger partial charge in [-0.2, -0.15) is 0 Å². The van der Waals surface area contributed by atoms with Crippen molar-refractivity contribution in [1.29, 1.82) is 0 Å². The van der Waals surface area contributed by atoms with Gasteiger partial charge in [0, 0.05) is 18.7 Å². The predicted molar refractivity (Wildman–Crippen MR) is 109 cm³/mol. The number of nitrogens with one attached hydrogen (secondary N) is 2. The first-order valence-electron chi connectivity index (χ1n) is 8.97. The zero-order valence-electron chi connectivity index (χ0n) is 16.8. The van der Waals surface area contributed by atoms with E-state index in [1.54, 1.807) is 21.3 Å². The van der Waals surface area contributed by atoms with Gasteiger partial charge in [-0.05, 0) is 19.4 Å². The van der Waals surface area contributed by atoms with Crippen LogP contribution in [0.5, 0.6) is 17.2 Å². The highest BCUT2D eigenvalue weighted by atomic mass is 16.5. The molecule has 2 N–H and O–H groups in total. The van der Waals surface area contributed by atoms with Gasteiger partial charge in [0.15, 0.2) is 5.96 Å². The van der Waals surface area contributed by atoms with Crippen LogP contribution in [0.1, 0.15) is 23.6 Å². The van der Waals surface area contributed by atoms with Crippen molar-refractivity contribution in [1.82, 2.24) is 10.6 Å². The smallest absolute Gasteiger partial charge is 0.191 e. The van der Waals surface area contributed by atoms with Crippen LogP contribution in [0.4, 0.5) is 0 Å². The molecular weight excluding hydrogens is 342 g/mol. The normalized spacial score (nSPS) is 11.1. The lowest BCUT2D eigenvalue weighted by Gasteiger charge is -2.17. The highest BCUT2D eigenvalue weighted by Crippen LogP contribution is 2.33. The van der Waals surface area contributed by atoms with Crippen LogP contribution < -0.4 is 24.8 Å². The van der Waals surface area contributed by atoms with Gasteiger partial charge in [0.2, 0.25) is 0 Å². The van der Waals surface area contributed by atoms with Gasteiger partial charge >= 0.3 is 0 Å². The van der Waals surface area contributed by atoms with Crippen molar-refractivity contribution in [2.24, 2.45) is 4.99 Å². The van der Waals surface area contributed by atoms with E-state index in [0.717, 1.165) is 23.6 Å². The minimum Gasteiger partial charge on any atom is -0.496 e. The lowest BCUT2D eigenvalue weighted by molar-refractivity contribution is 0.368. The van der Waals surface area contributed by atoms with Gasteiger partial charge in [0.1, 0.15) is 17.2 Å². The molecule has 0 unspecified atom stereocenters. The third kappa shape index (κ3) is 5.81. The molecule has 146 valence electrons. The van der Waals surface area contributed by atoms with E-state index in [-0.39, 0.29) is 0 Å². The molecule has 0 bridgehead atoms. The van der Waals surface area contributed by atoms with Crippen molar-refractivity contribution in [3.63, 3.8) is 0 Å². The number of hydrogen-bond acceptors (Lipinski definition) is 4. The maximum Gasteiger partial charge on any atom is 0.191 e. The summed E-state index contributed by atoms with van der Waals surface area (Å²) >= 11 is 0. The van der Waals surface area contributed by atoms with Crippen LogP contribution in [0, 0.1) is 6.92 Å². The summed E-state index contributed by atoms with van der Waals surface area (Å²) in [5, 5.41) is 6.61. The average molecular weight is 371 g/mol. The zero-order valence-corrected chi connectivity index (χ0v) is 16.8. The average Bonchev–Trinajstić information content (AvgIpc) is 2.70. The number of rotatable bonds is 8. The summed E-state index contributed by atoms with van der Waals surface area (Å²) in [5.74, 6) is 2.83. The number of ether oxygens (including phenoxy) is 3. The number of guanidine groups is 1. The Bertz CT molecular complexity index is 733. The van der Waals surface area contributed by atoms with Crippen LogP contribution in [0.25, 0.3) is 0 Å². The van der Waals surface area contributed by atoms with E-state index in [4.69, 9.17) is 14.2 Å². The summed E-state index contributed by atoms with van der Waals surface area (Å²) in [6.07, 6.45) is 0. The molecule has 0 saturated heterocycles. The van der Waals surface area contributed by atoms with Gasteiger partial charge in [0.25, 0.3) is 0 Å². The van der Waals surface area contributed by atoms with E-state index >= 15 is 0 Å². The number of nitrogens with zero attached hydrogens (tertiary/aromatic N) is 1. The van der Waals surface area contributed by atoms with E-state index in [9.17, 15) is 0 Å². The van der Waals surface area contributed by atoms with Crippen molar-refractivity contribution in [2.75, 3.05) is 27.9 Å². The highest BCUT2D eigenvalue weighted by molar-refractivity contribution is 5.80. The molecule has 0 atom stereocenters. The van der Waals surface area contributed by atoms with Gasteiger partial charge in [-0.1, -0.05) is 29.8 Å². The Morgan fingerprint density at radius 1 is 0.926 bits per heavy atom. The molecule has 2 aromatic rings. The summed E-state index contributed by atoms with van der Waals surface area (Å²) in [6.45, 7) is 6.01. The Labute approximate surface area is 161 Å². The van der Waals surface area contributed by atoms with Crippen LogP contribution in [0.2, 0.25) is 0 Å². The number of hydrogen-bond donors (Lipinski definition) is 2. The Morgan fingerprint density at radius 3 is 2.07 bits per heavy atom. The van der Waals surface area contributed by atoms with Crippen molar-refractivity contribution in [2.45, 2.75) is 26.9 Å². The Hall–Kier alpha value is -2.89. The fraction of sp³-hybridized carbons (Fsp3) is 0.381. The highest BCUT2D eigenvalue weighted by Gasteiger charge is 2.13. The molecule has 0 radical (unpaired) electrons. The van der Waals surface area contributed by atoms with Gasteiger partial charge in [0.05, 0.1) is 40.0 Å². The third-order valence-corrected chi connectivity index (χ3v) is 4.13. The number of aliphatic imine (C=N–C) groups is 1. The van der Waals surface area contributed by atoms with Gasteiger partial charge in [-0.15, -0.1) is 0 Å². The second-order valence-corrected chi connectivity index (χ2v) is 6.04. The van der Waals surface area contributed by atoms with Crippen LogP contribution >= 0.6 is 0 Å². The Morgan fingerprint density at radius 2 is 1.56 bits per heavy atom. The number of methoxy groups -OCH3 is 3. The first-order chi connectivity index (χ1) is 13.1. The molecule has 27 heavy (non-hydrogen) atoms. The standard InChI is InChI=1S/C21H29N3O3/c1-6-22-21(23-13-16-9-7-15(2)8-10-16)24-14-18-19(26-4)11-17(25-3)12-20(18)27-5/h7-12H,6,13-14H2,1-5H3,(H2,22,23,24). The number of aryl methyl sites for hydroxylation is 1. The molecule has 6 heteroatoms. The summed E-state index contributed by atoms with van der Waals surface area (Å²) < 4.78 is 16.3. The fourth-order valence-electron chi connectivity index (χ4n) is 2.63. The molecule has 0 aromatic heterocycles. The molecule has 0 heterocycles. The van der Waals surface area contributed by atoms with E-state index < -0.39 is 0 Å². The lowest BCUT2D eigenvalue weighted by atomic mass is 10.1. The molecule has 0 aliphatic heterocycles. The zero-order chi connectivity index (χ0) is 19.6. The van der Waals surface area contributed by atoms with Crippen molar-refractivity contribution >= 4 is 5.96 Å². The van der Waals surface area contributed by atoms with Crippen molar-refractivity contribution < 1.29 is 14.2 Å². The van der Waals surface area contributed by atoms with E-state index in [2.05, 4.69) is 46.8 Å². The first kappa shape index (κ1) is 20.4. The summed E-state index contributed by atoms with van der Waals surface area (Å²) in [6, 6.07) is 12.1. The van der Waals surface area contributed by atoms with Crippen molar-refractivity contribution in [3.8, 4) is 17.2 Å². The summed E-state index contributed by atoms with van der Waals surface area (Å²) in [4.78, 5) is 4.66. The lowest BCUT2D eigenvalue weighted by Crippen LogP contribution is -2.37. The van der Waals surface area contributed by atoms with Gasteiger partial charge < -0.3 is 24.8 Å². The third-order valence-electron chi connectivity index (χ3n) is 4.13. The first-order valence-corrected chi connectivity index (χ1v) is 8.97. The van der Waals surface area contributed by atoms with Crippen LogP contribution in [0.15, 0.2) is 41.4 Å². The second-order valence-electron chi connectivity index (χ2n) is 6.04. The molecule has 0 aliphatic rings. The monoisotopic (exact) mass is 371 g/mol. The van der Waals surface area contributed by atoms with Crippen molar-refractivity contribution in [3.05, 3.63) is 53.1 Å². The van der Waals surface area contributed by atoms with Crippen LogP contribution in [-0.2, 0) is 13.1 Å². The quantitative estimate of drug-likeness (QED) is 0.551. The molecular formula is C21H29N3O3. The fourth-order valence-corrected chi connectivity index (χ4v) is 2.63. The molecule has 0 amide bonds.